The van der Waals surface area contributed by atoms with Crippen molar-refractivity contribution in [3.63, 3.8) is 0 Å². The molecule has 4 heterocycles. The van der Waals surface area contributed by atoms with Crippen molar-refractivity contribution in [2.24, 2.45) is 4.99 Å². The van der Waals surface area contributed by atoms with Crippen molar-refractivity contribution in [3.05, 3.63) is 181 Å². The van der Waals surface area contributed by atoms with Crippen molar-refractivity contribution in [2.45, 2.75) is 9.84 Å². The molecular formula is C49H30IN3S. The topological polar surface area (TPSA) is 22.2 Å². The highest BCUT2D eigenvalue weighted by atomic mass is 127. The zero-order chi connectivity index (χ0) is 35.5. The standard InChI is InChI=1S/C49H30IN3S/c50-46-45(31-22-23-35-39-26-29-12-4-5-13-30(29)27-44(39)54-43(35)28-31)38-18-6-9-19-40(38)51-49(46)53-42-21-11-8-17-34(42)37-25-24-36-33-16-7-10-20-41(33)52(47(36)48(37)53)32-14-2-1-3-15-32/h1-28,45-46H. The van der Waals surface area contributed by atoms with Crippen molar-refractivity contribution in [1.82, 2.24) is 9.13 Å². The predicted octanol–water partition coefficient (Wildman–Crippen LogP) is 13.9. The van der Waals surface area contributed by atoms with E-state index >= 15 is 0 Å². The molecule has 254 valence electrons. The minimum absolute atomic E-state index is 0.0516. The van der Waals surface area contributed by atoms with Crippen molar-refractivity contribution < 1.29 is 0 Å². The first kappa shape index (κ1) is 30.7. The van der Waals surface area contributed by atoms with Crippen LogP contribution in [-0.2, 0) is 0 Å². The Hall–Kier alpha value is -5.76. The number of benzene rings is 8. The Morgan fingerprint density at radius 3 is 1.85 bits per heavy atom. The van der Waals surface area contributed by atoms with Crippen LogP contribution in [0, 0.1) is 0 Å². The number of halogens is 1. The summed E-state index contributed by atoms with van der Waals surface area (Å²) in [6.07, 6.45) is 0. The molecule has 0 radical (unpaired) electrons. The van der Waals surface area contributed by atoms with Gasteiger partial charge in [-0.3, -0.25) is 4.57 Å². The average molecular weight is 820 g/mol. The summed E-state index contributed by atoms with van der Waals surface area (Å²) in [6, 6.07) is 62.5. The van der Waals surface area contributed by atoms with E-state index in [4.69, 9.17) is 4.99 Å². The molecule has 8 aromatic carbocycles. The fourth-order valence-electron chi connectivity index (χ4n) is 9.12. The quantitative estimate of drug-likeness (QED) is 0.122. The number of fused-ring (bicyclic) bond motifs is 12. The highest BCUT2D eigenvalue weighted by molar-refractivity contribution is 14.1. The number of alkyl halides is 1. The van der Waals surface area contributed by atoms with E-state index in [0.29, 0.717) is 0 Å². The minimum Gasteiger partial charge on any atom is -0.307 e. The molecular weight excluding hydrogens is 790 g/mol. The zero-order valence-corrected chi connectivity index (χ0v) is 31.9. The molecule has 12 rings (SSSR count). The van der Waals surface area contributed by atoms with Gasteiger partial charge in [0.15, 0.2) is 0 Å². The lowest BCUT2D eigenvalue weighted by molar-refractivity contribution is 0.857. The maximum absolute atomic E-state index is 5.60. The average Bonchev–Trinajstić information content (AvgIpc) is 3.87. The van der Waals surface area contributed by atoms with E-state index in [1.54, 1.807) is 0 Å². The summed E-state index contributed by atoms with van der Waals surface area (Å²) in [4.78, 5) is 5.60. The van der Waals surface area contributed by atoms with Crippen molar-refractivity contribution in [2.75, 3.05) is 0 Å². The molecule has 11 aromatic rings. The SMILES string of the molecule is IC1C(n2c3ccccc3c3ccc4c5ccccc5n(-c5ccccc5)c4c32)=Nc2ccccc2C1c1ccc2c(c1)sc1cc3ccccc3cc12. The number of hydrogen-bond donors (Lipinski definition) is 0. The second-order valence-electron chi connectivity index (χ2n) is 14.4. The molecule has 5 heteroatoms. The van der Waals surface area contributed by atoms with Crippen LogP contribution in [0.3, 0.4) is 0 Å². The highest BCUT2D eigenvalue weighted by Gasteiger charge is 2.36. The molecule has 0 saturated carbocycles. The van der Waals surface area contributed by atoms with Gasteiger partial charge < -0.3 is 4.57 Å². The summed E-state index contributed by atoms with van der Waals surface area (Å²) in [5.74, 6) is 1.17. The Kier molecular flexibility index (Phi) is 6.60. The van der Waals surface area contributed by atoms with Crippen LogP contribution in [0.4, 0.5) is 5.69 Å². The molecule has 0 amide bonds. The second-order valence-corrected chi connectivity index (χ2v) is 16.8. The Bertz CT molecular complexity index is 3370. The first-order chi connectivity index (χ1) is 26.7. The first-order valence-corrected chi connectivity index (χ1v) is 20.5. The molecule has 0 aliphatic carbocycles. The lowest BCUT2D eigenvalue weighted by Crippen LogP contribution is -2.32. The van der Waals surface area contributed by atoms with E-state index in [-0.39, 0.29) is 9.84 Å². The van der Waals surface area contributed by atoms with Crippen molar-refractivity contribution >= 4 is 120 Å². The van der Waals surface area contributed by atoms with E-state index < -0.39 is 0 Å². The third-order valence-corrected chi connectivity index (χ3v) is 13.9. The van der Waals surface area contributed by atoms with Crippen LogP contribution >= 0.6 is 33.9 Å². The van der Waals surface area contributed by atoms with Gasteiger partial charge in [-0.1, -0.05) is 144 Å². The fraction of sp³-hybridized carbons (Fsp3) is 0.0408. The number of thiophene rings is 1. The summed E-state index contributed by atoms with van der Waals surface area (Å²) in [5, 5.41) is 10.2. The molecule has 54 heavy (non-hydrogen) atoms. The van der Waals surface area contributed by atoms with Gasteiger partial charge in [0.25, 0.3) is 0 Å². The highest BCUT2D eigenvalue weighted by Crippen LogP contribution is 2.47. The molecule has 0 fully saturated rings. The minimum atomic E-state index is 0.0516. The van der Waals surface area contributed by atoms with Crippen LogP contribution in [0.5, 0.6) is 0 Å². The number of para-hydroxylation sites is 4. The summed E-state index contributed by atoms with van der Waals surface area (Å²) in [5.41, 5.74) is 9.56. The zero-order valence-electron chi connectivity index (χ0n) is 28.9. The van der Waals surface area contributed by atoms with E-state index in [1.165, 1.54) is 85.7 Å². The third kappa shape index (κ3) is 4.31. The molecule has 2 unspecified atom stereocenters. The van der Waals surface area contributed by atoms with Crippen molar-refractivity contribution in [3.8, 4) is 5.69 Å². The van der Waals surface area contributed by atoms with Crippen LogP contribution in [0.2, 0.25) is 0 Å². The van der Waals surface area contributed by atoms with Gasteiger partial charge in [-0.25, -0.2) is 4.99 Å². The van der Waals surface area contributed by atoms with Crippen LogP contribution in [-0.4, -0.2) is 18.9 Å². The molecule has 3 aromatic heterocycles. The predicted molar refractivity (Wildman–Crippen MR) is 239 cm³/mol. The molecule has 1 aliphatic heterocycles. The largest absolute Gasteiger partial charge is 0.307 e. The van der Waals surface area contributed by atoms with Gasteiger partial charge in [0.1, 0.15) is 5.84 Å². The van der Waals surface area contributed by atoms with Gasteiger partial charge in [0.05, 0.1) is 31.7 Å². The van der Waals surface area contributed by atoms with Crippen LogP contribution in [0.25, 0.3) is 80.2 Å². The fourth-order valence-corrected chi connectivity index (χ4v) is 11.5. The second kappa shape index (κ2) is 11.6. The van der Waals surface area contributed by atoms with Gasteiger partial charge in [-0.15, -0.1) is 11.3 Å². The first-order valence-electron chi connectivity index (χ1n) is 18.4. The van der Waals surface area contributed by atoms with Crippen LogP contribution in [0.15, 0.2) is 175 Å². The van der Waals surface area contributed by atoms with E-state index in [2.05, 4.69) is 202 Å². The lowest BCUT2D eigenvalue weighted by atomic mass is 9.85. The number of aliphatic imine (C=N–C) groups is 1. The molecule has 3 nitrogen and oxygen atoms in total. The van der Waals surface area contributed by atoms with E-state index in [0.717, 1.165) is 17.2 Å². The van der Waals surface area contributed by atoms with Crippen molar-refractivity contribution in [1.29, 1.82) is 0 Å². The number of nitrogens with zero attached hydrogens (tertiary/aromatic N) is 3. The van der Waals surface area contributed by atoms with Gasteiger partial charge in [0.2, 0.25) is 0 Å². The number of aromatic nitrogens is 2. The summed E-state index contributed by atoms with van der Waals surface area (Å²) >= 11 is 4.60. The van der Waals surface area contributed by atoms with Gasteiger partial charge >= 0.3 is 0 Å². The van der Waals surface area contributed by atoms with Crippen LogP contribution in [0.1, 0.15) is 17.0 Å². The molecule has 0 saturated heterocycles. The smallest absolute Gasteiger partial charge is 0.128 e. The third-order valence-electron chi connectivity index (χ3n) is 11.5. The summed E-state index contributed by atoms with van der Waals surface area (Å²) < 4.78 is 7.67. The van der Waals surface area contributed by atoms with E-state index in [9.17, 15) is 0 Å². The normalized spacial score (nSPS) is 16.0. The monoisotopic (exact) mass is 819 g/mol. The van der Waals surface area contributed by atoms with Crippen LogP contribution < -0.4 is 0 Å². The Morgan fingerprint density at radius 1 is 0.481 bits per heavy atom. The lowest BCUT2D eigenvalue weighted by Gasteiger charge is -2.31. The maximum atomic E-state index is 5.60. The van der Waals surface area contributed by atoms with Gasteiger partial charge in [-0.05, 0) is 70.4 Å². The maximum Gasteiger partial charge on any atom is 0.128 e. The Balaban J connectivity index is 1.13. The molecule has 2 atom stereocenters. The molecule has 0 spiro atoms. The van der Waals surface area contributed by atoms with Gasteiger partial charge in [-0.2, -0.15) is 0 Å². The summed E-state index contributed by atoms with van der Waals surface area (Å²) in [7, 11) is 0. The molecule has 0 bridgehead atoms. The Labute approximate surface area is 328 Å². The van der Waals surface area contributed by atoms with E-state index in [1.807, 2.05) is 11.3 Å². The molecule has 0 N–H and O–H groups in total. The molecule has 1 aliphatic rings. The number of hydrogen-bond acceptors (Lipinski definition) is 2. The Morgan fingerprint density at radius 2 is 1.07 bits per heavy atom. The summed E-state index contributed by atoms with van der Waals surface area (Å²) in [6.45, 7) is 0. The van der Waals surface area contributed by atoms with Gasteiger partial charge in [0, 0.05) is 53.3 Å². The number of rotatable bonds is 2.